The molecule has 0 spiro atoms. The molecule has 1 aliphatic carbocycles. The van der Waals surface area contributed by atoms with Crippen molar-refractivity contribution in [2.24, 2.45) is 0 Å². The number of carbonyl (C=O) groups is 1. The van der Waals surface area contributed by atoms with Gasteiger partial charge in [-0.15, -0.1) is 0 Å². The Morgan fingerprint density at radius 1 is 1.44 bits per heavy atom. The molecule has 1 saturated carbocycles. The van der Waals surface area contributed by atoms with Crippen molar-refractivity contribution in [1.82, 2.24) is 10.2 Å². The molecule has 1 amide bonds. The quantitative estimate of drug-likeness (QED) is 0.833. The number of methoxy groups -OCH3 is 1. The summed E-state index contributed by atoms with van der Waals surface area (Å²) in [5, 5.41) is 3.51. The van der Waals surface area contributed by atoms with Crippen LogP contribution in [0.1, 0.15) is 52.9 Å². The fourth-order valence-electron chi connectivity index (χ4n) is 3.28. The summed E-state index contributed by atoms with van der Waals surface area (Å²) in [4.78, 5) is 14.7. The third-order valence-electron chi connectivity index (χ3n) is 4.70. The van der Waals surface area contributed by atoms with E-state index in [0.717, 1.165) is 32.1 Å². The van der Waals surface area contributed by atoms with Gasteiger partial charge in [0.05, 0.1) is 17.8 Å². The van der Waals surface area contributed by atoms with Crippen molar-refractivity contribution in [3.05, 3.63) is 0 Å². The molecule has 0 bridgehead atoms. The topological polar surface area (TPSA) is 41.6 Å². The molecule has 2 aliphatic rings. The van der Waals surface area contributed by atoms with Gasteiger partial charge in [0.15, 0.2) is 0 Å². The Bertz CT molecular complexity index is 321. The second-order valence-corrected chi connectivity index (χ2v) is 5.79. The maximum Gasteiger partial charge on any atom is 0.244 e. The van der Waals surface area contributed by atoms with Gasteiger partial charge in [0.2, 0.25) is 5.91 Å². The van der Waals surface area contributed by atoms with Gasteiger partial charge >= 0.3 is 0 Å². The van der Waals surface area contributed by atoms with Gasteiger partial charge in [-0.2, -0.15) is 0 Å². The minimum atomic E-state index is -0.369. The minimum Gasteiger partial charge on any atom is -0.381 e. The van der Waals surface area contributed by atoms with E-state index in [-0.39, 0.29) is 17.6 Å². The minimum absolute atomic E-state index is 0.197. The van der Waals surface area contributed by atoms with E-state index in [4.69, 9.17) is 4.74 Å². The van der Waals surface area contributed by atoms with E-state index in [1.807, 2.05) is 6.92 Å². The molecule has 18 heavy (non-hydrogen) atoms. The van der Waals surface area contributed by atoms with Gasteiger partial charge in [-0.1, -0.05) is 13.8 Å². The molecular weight excluding hydrogens is 228 g/mol. The van der Waals surface area contributed by atoms with Crippen LogP contribution in [0, 0.1) is 0 Å². The Kier molecular flexibility index (Phi) is 3.97. The van der Waals surface area contributed by atoms with E-state index in [2.05, 4.69) is 24.1 Å². The molecule has 0 aromatic rings. The summed E-state index contributed by atoms with van der Waals surface area (Å²) < 4.78 is 5.42. The summed E-state index contributed by atoms with van der Waals surface area (Å²) in [6.45, 7) is 6.25. The average Bonchev–Trinajstić information content (AvgIpc) is 2.94. The predicted molar refractivity (Wildman–Crippen MR) is 71.2 cm³/mol. The normalized spacial score (nSPS) is 40.8. The predicted octanol–water partition coefficient (Wildman–Crippen LogP) is 1.89. The molecule has 1 heterocycles. The SMILES string of the molecule is CCC1NC(C)(CC)C(=O)N1C1CCC(OC)C1. The van der Waals surface area contributed by atoms with Crippen molar-refractivity contribution < 1.29 is 9.53 Å². The van der Waals surface area contributed by atoms with Gasteiger partial charge in [0.25, 0.3) is 0 Å². The average molecular weight is 254 g/mol. The zero-order valence-corrected chi connectivity index (χ0v) is 12.0. The highest BCUT2D eigenvalue weighted by Crippen LogP contribution is 2.34. The van der Waals surface area contributed by atoms with Gasteiger partial charge < -0.3 is 9.64 Å². The first kappa shape index (κ1) is 13.8. The molecule has 1 saturated heterocycles. The Morgan fingerprint density at radius 3 is 2.67 bits per heavy atom. The number of nitrogens with one attached hydrogen (secondary N) is 1. The monoisotopic (exact) mass is 254 g/mol. The number of hydrogen-bond donors (Lipinski definition) is 1. The van der Waals surface area contributed by atoms with Crippen LogP contribution in [0.2, 0.25) is 0 Å². The lowest BCUT2D eigenvalue weighted by Crippen LogP contribution is -2.44. The second-order valence-electron chi connectivity index (χ2n) is 5.79. The molecule has 4 heteroatoms. The lowest BCUT2D eigenvalue weighted by atomic mass is 9.99. The van der Waals surface area contributed by atoms with Crippen molar-refractivity contribution in [1.29, 1.82) is 0 Å². The number of amides is 1. The molecular formula is C14H26N2O2. The second kappa shape index (κ2) is 5.17. The highest BCUT2D eigenvalue weighted by Gasteiger charge is 2.49. The van der Waals surface area contributed by atoms with E-state index < -0.39 is 0 Å². The maximum atomic E-state index is 12.6. The number of hydrogen-bond acceptors (Lipinski definition) is 3. The van der Waals surface area contributed by atoms with Crippen LogP contribution in [0.25, 0.3) is 0 Å². The van der Waals surface area contributed by atoms with Crippen LogP contribution < -0.4 is 5.32 Å². The van der Waals surface area contributed by atoms with E-state index in [1.165, 1.54) is 0 Å². The third kappa shape index (κ3) is 2.16. The first-order chi connectivity index (χ1) is 8.55. The molecule has 4 nitrogen and oxygen atoms in total. The smallest absolute Gasteiger partial charge is 0.244 e. The van der Waals surface area contributed by atoms with Gasteiger partial charge in [-0.25, -0.2) is 0 Å². The first-order valence-electron chi connectivity index (χ1n) is 7.19. The Hall–Kier alpha value is -0.610. The van der Waals surface area contributed by atoms with Gasteiger partial charge in [-0.05, 0) is 39.0 Å². The Morgan fingerprint density at radius 2 is 2.17 bits per heavy atom. The van der Waals surface area contributed by atoms with E-state index in [9.17, 15) is 4.79 Å². The van der Waals surface area contributed by atoms with Crippen molar-refractivity contribution in [2.75, 3.05) is 7.11 Å². The van der Waals surface area contributed by atoms with Crippen LogP contribution >= 0.6 is 0 Å². The van der Waals surface area contributed by atoms with Crippen molar-refractivity contribution in [3.63, 3.8) is 0 Å². The standard InChI is InChI=1S/C14H26N2O2/c1-5-12-15-14(3,6-2)13(17)16(12)10-7-8-11(9-10)18-4/h10-12,15H,5-9H2,1-4H3. The number of ether oxygens (including phenoxy) is 1. The van der Waals surface area contributed by atoms with Crippen LogP contribution in [-0.2, 0) is 9.53 Å². The third-order valence-corrected chi connectivity index (χ3v) is 4.70. The van der Waals surface area contributed by atoms with Gasteiger partial charge in [0, 0.05) is 13.2 Å². The molecule has 0 radical (unpaired) electrons. The van der Waals surface area contributed by atoms with E-state index >= 15 is 0 Å². The molecule has 0 aromatic carbocycles. The largest absolute Gasteiger partial charge is 0.381 e. The fraction of sp³-hybridized carbons (Fsp3) is 0.929. The zero-order chi connectivity index (χ0) is 13.3. The highest BCUT2D eigenvalue weighted by molar-refractivity contribution is 5.88. The number of carbonyl (C=O) groups excluding carboxylic acids is 1. The molecule has 104 valence electrons. The molecule has 2 rings (SSSR count). The van der Waals surface area contributed by atoms with Crippen LogP contribution in [0.4, 0.5) is 0 Å². The summed E-state index contributed by atoms with van der Waals surface area (Å²) in [6.07, 6.45) is 5.47. The summed E-state index contributed by atoms with van der Waals surface area (Å²) >= 11 is 0. The van der Waals surface area contributed by atoms with Crippen LogP contribution in [0.3, 0.4) is 0 Å². The van der Waals surface area contributed by atoms with Crippen molar-refractivity contribution in [2.45, 2.75) is 76.7 Å². The summed E-state index contributed by atoms with van der Waals surface area (Å²) in [7, 11) is 1.77. The lowest BCUT2D eigenvalue weighted by molar-refractivity contribution is -0.135. The van der Waals surface area contributed by atoms with Gasteiger partial charge in [-0.3, -0.25) is 10.1 Å². The Labute approximate surface area is 110 Å². The maximum absolute atomic E-state index is 12.6. The van der Waals surface area contributed by atoms with Crippen LogP contribution in [-0.4, -0.2) is 41.8 Å². The zero-order valence-electron chi connectivity index (χ0n) is 12.0. The highest BCUT2D eigenvalue weighted by atomic mass is 16.5. The van der Waals surface area contributed by atoms with E-state index in [1.54, 1.807) is 7.11 Å². The molecule has 0 aromatic heterocycles. The molecule has 4 atom stereocenters. The molecule has 1 aliphatic heterocycles. The molecule has 4 unspecified atom stereocenters. The lowest BCUT2D eigenvalue weighted by Gasteiger charge is -2.29. The van der Waals surface area contributed by atoms with Crippen molar-refractivity contribution in [3.8, 4) is 0 Å². The fourth-order valence-corrected chi connectivity index (χ4v) is 3.28. The summed E-state index contributed by atoms with van der Waals surface area (Å²) in [5.74, 6) is 0.276. The first-order valence-corrected chi connectivity index (χ1v) is 7.19. The van der Waals surface area contributed by atoms with Crippen LogP contribution in [0.15, 0.2) is 0 Å². The van der Waals surface area contributed by atoms with Gasteiger partial charge in [0.1, 0.15) is 0 Å². The number of nitrogens with zero attached hydrogens (tertiary/aromatic N) is 1. The Balaban J connectivity index is 2.13. The molecule has 2 fully saturated rings. The summed E-state index contributed by atoms with van der Waals surface area (Å²) in [6, 6.07) is 0.355. The van der Waals surface area contributed by atoms with Crippen molar-refractivity contribution >= 4 is 5.91 Å². The summed E-state index contributed by atoms with van der Waals surface area (Å²) in [5.41, 5.74) is -0.369. The van der Waals surface area contributed by atoms with E-state index in [0.29, 0.717) is 12.1 Å². The molecule has 1 N–H and O–H groups in total. The van der Waals surface area contributed by atoms with Crippen LogP contribution in [0.5, 0.6) is 0 Å². The number of rotatable bonds is 4.